The van der Waals surface area contributed by atoms with Gasteiger partial charge in [0.2, 0.25) is 11.8 Å². The number of fused-ring (bicyclic) bond motifs is 1. The van der Waals surface area contributed by atoms with Gasteiger partial charge in [-0.3, -0.25) is 9.59 Å². The summed E-state index contributed by atoms with van der Waals surface area (Å²) in [4.78, 5) is 48.3. The van der Waals surface area contributed by atoms with Crippen LogP contribution >= 0.6 is 11.6 Å². The van der Waals surface area contributed by atoms with Crippen molar-refractivity contribution in [3.8, 4) is 5.88 Å². The fourth-order valence-corrected chi connectivity index (χ4v) is 6.49. The molecule has 44 heavy (non-hydrogen) atoms. The van der Waals surface area contributed by atoms with Gasteiger partial charge in [-0.15, -0.1) is 0 Å². The van der Waals surface area contributed by atoms with E-state index in [9.17, 15) is 19.5 Å². The molecule has 2 fully saturated rings. The number of nitrogens with one attached hydrogen (secondary N) is 1. The molecule has 0 spiro atoms. The van der Waals surface area contributed by atoms with E-state index in [0.717, 1.165) is 12.8 Å². The number of likely N-dealkylation sites (tertiary alicyclic amines) is 1. The minimum atomic E-state index is -3.34. The molecule has 6 atom stereocenters. The number of ketones is 1. The highest BCUT2D eigenvalue weighted by Crippen LogP contribution is 2.44. The van der Waals surface area contributed by atoms with Crippen LogP contribution in [0.25, 0.3) is 11.0 Å². The summed E-state index contributed by atoms with van der Waals surface area (Å²) in [5.74, 6) is -3.88. The summed E-state index contributed by atoms with van der Waals surface area (Å²) in [6.45, 7) is 10.4. The van der Waals surface area contributed by atoms with E-state index in [1.54, 1.807) is 26.8 Å². The monoisotopic (exact) mass is 636 g/mol. The standard InChI is InChI=1S/C32H43ClF2N4O5/c1-7-21-24(16-39(25(21)18(3)40)29(41)27(31(4,5)6)38-30(42)43)44-28-26(36-22-12-11-20(33)15-23(22)37-28)32(34,35)13-9-8-10-19-14-17(19)2/h11-12,15,17,19,21,24-25,27,38H,7-10,13-14,16H2,1-6H3,(H,42,43). The SMILES string of the molecule is CCC1C(Oc2nc3cc(Cl)ccc3nc2C(F)(F)CCCCC2CC2C)CN(C(=O)C(NC(=O)O)C(C)(C)C)C1C(C)=O. The Morgan fingerprint density at radius 1 is 1.18 bits per heavy atom. The summed E-state index contributed by atoms with van der Waals surface area (Å²) in [6, 6.07) is 2.51. The first-order chi connectivity index (χ1) is 20.5. The Labute approximate surface area is 262 Å². The quantitative estimate of drug-likeness (QED) is 0.244. The van der Waals surface area contributed by atoms with Gasteiger partial charge in [0, 0.05) is 17.4 Å². The summed E-state index contributed by atoms with van der Waals surface area (Å²) in [7, 11) is 0. The number of benzene rings is 1. The van der Waals surface area contributed by atoms with Crippen LogP contribution in [0.4, 0.5) is 13.6 Å². The molecule has 1 aliphatic heterocycles. The molecular weight excluding hydrogens is 594 g/mol. The molecule has 0 radical (unpaired) electrons. The van der Waals surface area contributed by atoms with Crippen molar-refractivity contribution >= 4 is 40.4 Å². The van der Waals surface area contributed by atoms with E-state index >= 15 is 8.78 Å². The van der Waals surface area contributed by atoms with Gasteiger partial charge < -0.3 is 20.1 Å². The van der Waals surface area contributed by atoms with Crippen LogP contribution in [0.15, 0.2) is 18.2 Å². The summed E-state index contributed by atoms with van der Waals surface area (Å²) in [5.41, 5.74) is -0.887. The van der Waals surface area contributed by atoms with E-state index in [2.05, 4.69) is 22.2 Å². The highest BCUT2D eigenvalue weighted by molar-refractivity contribution is 6.31. The average molecular weight is 637 g/mol. The molecular formula is C32H43ClF2N4O5. The number of carboxylic acid groups (broad SMARTS) is 1. The molecule has 242 valence electrons. The number of nitrogens with zero attached hydrogens (tertiary/aromatic N) is 3. The number of unbranched alkanes of at least 4 members (excludes halogenated alkanes) is 1. The molecule has 1 saturated carbocycles. The number of hydrogen-bond acceptors (Lipinski definition) is 6. The minimum Gasteiger partial charge on any atom is -0.471 e. The molecule has 9 nitrogen and oxygen atoms in total. The van der Waals surface area contributed by atoms with Crippen LogP contribution in [-0.2, 0) is 15.5 Å². The summed E-state index contributed by atoms with van der Waals surface area (Å²) < 4.78 is 38.0. The molecule has 12 heteroatoms. The van der Waals surface area contributed by atoms with Gasteiger partial charge in [-0.2, -0.15) is 8.78 Å². The molecule has 2 amide bonds. The first-order valence-electron chi connectivity index (χ1n) is 15.4. The van der Waals surface area contributed by atoms with Crippen LogP contribution in [0.1, 0.15) is 85.8 Å². The van der Waals surface area contributed by atoms with Gasteiger partial charge in [0.1, 0.15) is 12.1 Å². The number of carbonyl (C=O) groups excluding carboxylic acids is 2. The summed E-state index contributed by atoms with van der Waals surface area (Å²) >= 11 is 6.17. The van der Waals surface area contributed by atoms with E-state index in [1.807, 2.05) is 6.92 Å². The topological polar surface area (TPSA) is 122 Å². The Morgan fingerprint density at radius 2 is 1.86 bits per heavy atom. The second-order valence-electron chi connectivity index (χ2n) is 13.5. The smallest absolute Gasteiger partial charge is 0.405 e. The van der Waals surface area contributed by atoms with E-state index < -0.39 is 59.6 Å². The minimum absolute atomic E-state index is 0.116. The fraction of sp³-hybridized carbons (Fsp3) is 0.656. The molecule has 6 unspecified atom stereocenters. The molecule has 2 N–H and O–H groups in total. The number of amides is 2. The van der Waals surface area contributed by atoms with E-state index in [4.69, 9.17) is 16.3 Å². The van der Waals surface area contributed by atoms with Gasteiger partial charge in [0.05, 0.1) is 23.6 Å². The Balaban J connectivity index is 1.67. The van der Waals surface area contributed by atoms with Crippen molar-refractivity contribution in [2.24, 2.45) is 23.2 Å². The number of ether oxygens (including phenoxy) is 1. The van der Waals surface area contributed by atoms with E-state index in [-0.39, 0.29) is 29.2 Å². The zero-order valence-corrected chi connectivity index (χ0v) is 27.0. The Kier molecular flexibility index (Phi) is 10.1. The molecule has 2 heterocycles. The number of hydrogen-bond donors (Lipinski definition) is 2. The second-order valence-corrected chi connectivity index (χ2v) is 13.9. The molecule has 4 rings (SSSR count). The van der Waals surface area contributed by atoms with Gasteiger partial charge in [-0.05, 0) is 61.6 Å². The third kappa shape index (κ3) is 7.58. The van der Waals surface area contributed by atoms with Crippen LogP contribution in [-0.4, -0.2) is 62.5 Å². The number of Topliss-reactive ketones (excluding diaryl/α,β-unsaturated/α-hetero) is 1. The van der Waals surface area contributed by atoms with Crippen molar-refractivity contribution in [1.29, 1.82) is 0 Å². The van der Waals surface area contributed by atoms with Gasteiger partial charge >= 0.3 is 6.09 Å². The zero-order valence-electron chi connectivity index (χ0n) is 26.2. The highest BCUT2D eigenvalue weighted by atomic mass is 35.5. The maximum Gasteiger partial charge on any atom is 0.405 e. The van der Waals surface area contributed by atoms with Gasteiger partial charge in [0.15, 0.2) is 11.5 Å². The largest absolute Gasteiger partial charge is 0.471 e. The highest BCUT2D eigenvalue weighted by Gasteiger charge is 2.50. The van der Waals surface area contributed by atoms with Gasteiger partial charge in [-0.25, -0.2) is 14.8 Å². The van der Waals surface area contributed by atoms with Crippen LogP contribution < -0.4 is 10.1 Å². The zero-order chi connectivity index (χ0) is 32.6. The molecule has 2 aromatic rings. The molecule has 2 aliphatic rings. The van der Waals surface area contributed by atoms with E-state index in [1.165, 1.54) is 24.0 Å². The molecule has 1 aromatic heterocycles. The Morgan fingerprint density at radius 3 is 2.43 bits per heavy atom. The maximum atomic E-state index is 15.9. The lowest BCUT2D eigenvalue weighted by molar-refractivity contribution is -0.141. The van der Waals surface area contributed by atoms with Crippen LogP contribution in [0.5, 0.6) is 5.88 Å². The lowest BCUT2D eigenvalue weighted by Gasteiger charge is -2.35. The molecule has 0 bridgehead atoms. The third-order valence-electron chi connectivity index (χ3n) is 8.94. The maximum absolute atomic E-state index is 15.9. The average Bonchev–Trinajstić information content (AvgIpc) is 3.50. The lowest BCUT2D eigenvalue weighted by Crippen LogP contribution is -2.56. The van der Waals surface area contributed by atoms with Crippen molar-refractivity contribution in [2.45, 2.75) is 104 Å². The number of carbonyl (C=O) groups is 3. The van der Waals surface area contributed by atoms with Crippen molar-refractivity contribution in [3.05, 3.63) is 28.9 Å². The number of aromatic nitrogens is 2. The van der Waals surface area contributed by atoms with Gasteiger partial charge in [-0.1, -0.05) is 59.1 Å². The van der Waals surface area contributed by atoms with Crippen LogP contribution in [0.3, 0.4) is 0 Å². The van der Waals surface area contributed by atoms with Crippen molar-refractivity contribution in [1.82, 2.24) is 20.2 Å². The van der Waals surface area contributed by atoms with Crippen LogP contribution in [0, 0.1) is 23.2 Å². The van der Waals surface area contributed by atoms with Crippen molar-refractivity contribution in [3.63, 3.8) is 0 Å². The third-order valence-corrected chi connectivity index (χ3v) is 9.18. The summed E-state index contributed by atoms with van der Waals surface area (Å²) in [5, 5.41) is 12.1. The summed E-state index contributed by atoms with van der Waals surface area (Å²) in [6.07, 6.45) is 0.797. The second kappa shape index (κ2) is 13.1. The Hall–Kier alpha value is -3.08. The predicted molar refractivity (Wildman–Crippen MR) is 163 cm³/mol. The fourth-order valence-electron chi connectivity index (χ4n) is 6.32. The normalized spacial score (nSPS) is 24.3. The first kappa shape index (κ1) is 33.8. The molecule has 1 saturated heterocycles. The van der Waals surface area contributed by atoms with Crippen LogP contribution in [0.2, 0.25) is 5.02 Å². The number of alkyl halides is 2. The van der Waals surface area contributed by atoms with E-state index in [0.29, 0.717) is 36.1 Å². The lowest BCUT2D eigenvalue weighted by atomic mass is 9.85. The number of rotatable bonds is 12. The number of halogens is 3. The van der Waals surface area contributed by atoms with Crippen molar-refractivity contribution < 1.29 is 33.0 Å². The van der Waals surface area contributed by atoms with Crippen molar-refractivity contribution in [2.75, 3.05) is 6.54 Å². The first-order valence-corrected chi connectivity index (χ1v) is 15.7. The Bertz CT molecular complexity index is 1400. The molecule has 1 aromatic carbocycles. The van der Waals surface area contributed by atoms with Gasteiger partial charge in [0.25, 0.3) is 5.92 Å². The molecule has 1 aliphatic carbocycles. The predicted octanol–water partition coefficient (Wildman–Crippen LogP) is 6.85.